The summed E-state index contributed by atoms with van der Waals surface area (Å²) in [5, 5.41) is 36.3. The van der Waals surface area contributed by atoms with E-state index in [2.05, 4.69) is 10.0 Å². The number of primary amides is 1. The monoisotopic (exact) mass is 442 g/mol. The molecular weight excluding hydrogens is 424 g/mol. The fraction of sp³-hybridized carbons (Fsp3) is 0.450. The number of aliphatic hydroxyl groups is 2. The molecule has 0 heterocycles. The van der Waals surface area contributed by atoms with Crippen molar-refractivity contribution in [2.75, 3.05) is 0 Å². The predicted molar refractivity (Wildman–Crippen MR) is 103 cm³/mol. The third-order valence-corrected chi connectivity index (χ3v) is 6.95. The average Bonchev–Trinajstić information content (AvgIpc) is 2.70. The first-order valence-electron chi connectivity index (χ1n) is 9.70. The number of azide groups is 1. The minimum absolute atomic E-state index is 0.144. The van der Waals surface area contributed by atoms with Gasteiger partial charge in [0.05, 0.1) is 17.1 Å². The Labute approximate surface area is 179 Å². The van der Waals surface area contributed by atoms with Crippen LogP contribution in [0.3, 0.4) is 0 Å². The van der Waals surface area contributed by atoms with E-state index in [0.29, 0.717) is 0 Å². The first-order chi connectivity index (χ1) is 14.9. The maximum Gasteiger partial charge on any atom is 0.235 e. The van der Waals surface area contributed by atoms with Gasteiger partial charge in [-0.05, 0) is 31.0 Å². The standard InChI is InChI=1S/C20H18N4O8/c1-19(31)7-4-6-5-10(26)13(18(21)30)17(29)20(6,32)16(28)11(7)15(27)12-9(25)3-2-8(14(12)19)23-24-22/h2-3,6-7,11,13,25,31-32H,4-5H2,1H3,(H2,21,30)/t6-,7-,11?,13?,19-,20-/m0/s1. The van der Waals surface area contributed by atoms with E-state index in [4.69, 9.17) is 11.3 Å². The van der Waals surface area contributed by atoms with E-state index in [0.717, 1.165) is 6.07 Å². The van der Waals surface area contributed by atoms with E-state index >= 15 is 0 Å². The maximum atomic E-state index is 13.4. The van der Waals surface area contributed by atoms with Gasteiger partial charge in [0.1, 0.15) is 5.75 Å². The molecule has 1 aromatic rings. The maximum absolute atomic E-state index is 13.4. The van der Waals surface area contributed by atoms with E-state index in [9.17, 15) is 39.3 Å². The zero-order valence-electron chi connectivity index (χ0n) is 16.7. The first kappa shape index (κ1) is 21.6. The number of phenols is 1. The molecule has 3 aliphatic rings. The number of aromatic hydroxyl groups is 1. The summed E-state index contributed by atoms with van der Waals surface area (Å²) in [7, 11) is 0. The zero-order chi connectivity index (χ0) is 23.7. The van der Waals surface area contributed by atoms with E-state index in [1.165, 1.54) is 13.0 Å². The van der Waals surface area contributed by atoms with Gasteiger partial charge in [-0.25, -0.2) is 0 Å². The molecule has 2 saturated carbocycles. The minimum Gasteiger partial charge on any atom is -0.507 e. The van der Waals surface area contributed by atoms with Crippen molar-refractivity contribution in [3.63, 3.8) is 0 Å². The largest absolute Gasteiger partial charge is 0.507 e. The summed E-state index contributed by atoms with van der Waals surface area (Å²) in [5.41, 5.74) is 8.33. The van der Waals surface area contributed by atoms with Gasteiger partial charge in [0.15, 0.2) is 34.7 Å². The quantitative estimate of drug-likeness (QED) is 0.209. The second-order valence-corrected chi connectivity index (χ2v) is 8.57. The number of nitrogens with zero attached hydrogens (tertiary/aromatic N) is 3. The Morgan fingerprint density at radius 3 is 2.47 bits per heavy atom. The van der Waals surface area contributed by atoms with Crippen molar-refractivity contribution in [2.24, 2.45) is 34.5 Å². The highest BCUT2D eigenvalue weighted by Gasteiger charge is 2.68. The average molecular weight is 442 g/mol. The molecule has 12 nitrogen and oxygen atoms in total. The van der Waals surface area contributed by atoms with E-state index in [1.54, 1.807) is 0 Å². The van der Waals surface area contributed by atoms with Gasteiger partial charge >= 0.3 is 0 Å². The van der Waals surface area contributed by atoms with Crippen molar-refractivity contribution in [3.8, 4) is 5.75 Å². The summed E-state index contributed by atoms with van der Waals surface area (Å²) < 4.78 is 0. The van der Waals surface area contributed by atoms with Gasteiger partial charge < -0.3 is 21.1 Å². The first-order valence-corrected chi connectivity index (χ1v) is 9.70. The molecule has 166 valence electrons. The Hall–Kier alpha value is -3.60. The number of fused-ring (bicyclic) bond motifs is 3. The van der Waals surface area contributed by atoms with Crippen LogP contribution in [0.4, 0.5) is 5.69 Å². The molecule has 3 aliphatic carbocycles. The molecule has 0 aromatic heterocycles. The molecule has 1 aromatic carbocycles. The number of carbonyl (C=O) groups is 5. The molecule has 0 bridgehead atoms. The number of phenolic OH excluding ortho intramolecular Hbond substituents is 1. The van der Waals surface area contributed by atoms with Crippen molar-refractivity contribution in [3.05, 3.63) is 33.7 Å². The Morgan fingerprint density at radius 1 is 1.22 bits per heavy atom. The predicted octanol–water partition coefficient (Wildman–Crippen LogP) is -0.0663. The number of hydrogen-bond acceptors (Lipinski definition) is 9. The van der Waals surface area contributed by atoms with Gasteiger partial charge in [0.25, 0.3) is 0 Å². The van der Waals surface area contributed by atoms with Crippen LogP contribution in [0.15, 0.2) is 17.2 Å². The summed E-state index contributed by atoms with van der Waals surface area (Å²) in [6, 6.07) is 2.25. The third-order valence-electron chi connectivity index (χ3n) is 6.95. The number of ketones is 4. The normalized spacial score (nSPS) is 36.0. The van der Waals surface area contributed by atoms with Crippen molar-refractivity contribution < 1.29 is 39.3 Å². The number of carbonyl (C=O) groups excluding carboxylic acids is 5. The van der Waals surface area contributed by atoms with Gasteiger partial charge in [-0.15, -0.1) is 0 Å². The highest BCUT2D eigenvalue weighted by Crippen LogP contribution is 2.56. The van der Waals surface area contributed by atoms with Crippen LogP contribution >= 0.6 is 0 Å². The third kappa shape index (κ3) is 2.51. The van der Waals surface area contributed by atoms with Crippen LogP contribution in [0.5, 0.6) is 5.75 Å². The molecule has 12 heteroatoms. The molecule has 32 heavy (non-hydrogen) atoms. The molecule has 0 saturated heterocycles. The lowest BCUT2D eigenvalue weighted by atomic mass is 9.51. The Kier molecular flexibility index (Phi) is 4.53. The molecule has 4 rings (SSSR count). The van der Waals surface area contributed by atoms with Gasteiger partial charge in [0.2, 0.25) is 5.91 Å². The Morgan fingerprint density at radius 2 is 1.88 bits per heavy atom. The van der Waals surface area contributed by atoms with Gasteiger partial charge in [-0.1, -0.05) is 5.11 Å². The number of hydrogen-bond donors (Lipinski definition) is 4. The summed E-state index contributed by atoms with van der Waals surface area (Å²) in [5.74, 6) is -12.7. The molecule has 2 unspecified atom stereocenters. The fourth-order valence-electron chi connectivity index (χ4n) is 5.47. The second kappa shape index (κ2) is 6.70. The molecule has 6 atom stereocenters. The van der Waals surface area contributed by atoms with Crippen LogP contribution in [-0.2, 0) is 24.8 Å². The highest BCUT2D eigenvalue weighted by molar-refractivity contribution is 6.31. The molecule has 1 amide bonds. The lowest BCUT2D eigenvalue weighted by Gasteiger charge is -2.52. The van der Waals surface area contributed by atoms with Crippen molar-refractivity contribution >= 4 is 34.7 Å². The summed E-state index contributed by atoms with van der Waals surface area (Å²) in [6.07, 6.45) is -0.843. The molecule has 0 aliphatic heterocycles. The number of benzene rings is 1. The van der Waals surface area contributed by atoms with Crippen LogP contribution in [0.1, 0.15) is 35.7 Å². The van der Waals surface area contributed by atoms with Crippen LogP contribution in [0, 0.1) is 23.7 Å². The molecule has 5 N–H and O–H groups in total. The lowest BCUT2D eigenvalue weighted by molar-refractivity contribution is -0.182. The summed E-state index contributed by atoms with van der Waals surface area (Å²) in [4.78, 5) is 66.2. The van der Waals surface area contributed by atoms with Gasteiger partial charge in [-0.3, -0.25) is 24.0 Å². The van der Waals surface area contributed by atoms with Crippen LogP contribution < -0.4 is 5.73 Å². The summed E-state index contributed by atoms with van der Waals surface area (Å²) >= 11 is 0. The van der Waals surface area contributed by atoms with Crippen molar-refractivity contribution in [1.82, 2.24) is 0 Å². The Bertz CT molecular complexity index is 1180. The van der Waals surface area contributed by atoms with Crippen LogP contribution in [0.2, 0.25) is 0 Å². The lowest BCUT2D eigenvalue weighted by Crippen LogP contribution is -2.69. The minimum atomic E-state index is -2.82. The van der Waals surface area contributed by atoms with Gasteiger partial charge in [0, 0.05) is 34.4 Å². The van der Waals surface area contributed by atoms with Gasteiger partial charge in [-0.2, -0.15) is 0 Å². The highest BCUT2D eigenvalue weighted by atomic mass is 16.3. The molecule has 0 radical (unpaired) electrons. The number of Topliss-reactive ketones (excluding diaryl/α,β-unsaturated/α-hetero) is 4. The van der Waals surface area contributed by atoms with E-state index in [-0.39, 0.29) is 17.7 Å². The van der Waals surface area contributed by atoms with Crippen molar-refractivity contribution in [1.29, 1.82) is 0 Å². The zero-order valence-corrected chi connectivity index (χ0v) is 16.7. The molecular formula is C20H18N4O8. The smallest absolute Gasteiger partial charge is 0.235 e. The van der Waals surface area contributed by atoms with E-state index < -0.39 is 81.6 Å². The summed E-state index contributed by atoms with van der Waals surface area (Å²) in [6.45, 7) is 1.25. The second-order valence-electron chi connectivity index (χ2n) is 8.57. The van der Waals surface area contributed by atoms with Crippen LogP contribution in [-0.4, -0.2) is 50.0 Å². The number of nitrogens with two attached hydrogens (primary N) is 1. The van der Waals surface area contributed by atoms with Crippen molar-refractivity contribution in [2.45, 2.75) is 31.0 Å². The SMILES string of the molecule is C[C@@]1(O)c2c(N=[N+]=[N-])ccc(O)c2C(=O)C2C(=O)[C@]3(O)C(=O)C(C(N)=O)C(=O)C[C@@H]3C[C@@H]21. The molecule has 0 spiro atoms. The van der Waals surface area contributed by atoms with E-state index in [1.807, 2.05) is 0 Å². The molecule has 2 fully saturated rings. The Balaban J connectivity index is 1.93. The topological polar surface area (TPSA) is 221 Å². The van der Waals surface area contributed by atoms with Crippen LogP contribution in [0.25, 0.3) is 10.4 Å². The number of rotatable bonds is 2. The number of amides is 1. The fourth-order valence-corrected chi connectivity index (χ4v) is 5.47.